The van der Waals surface area contributed by atoms with E-state index in [9.17, 15) is 0 Å². The third-order valence-corrected chi connectivity index (χ3v) is 4.90. The fourth-order valence-electron chi connectivity index (χ4n) is 3.51. The summed E-state index contributed by atoms with van der Waals surface area (Å²) >= 11 is 0. The number of nitrogens with zero attached hydrogens (tertiary/aromatic N) is 4. The molecule has 0 saturated carbocycles. The van der Waals surface area contributed by atoms with E-state index in [1.807, 2.05) is 36.0 Å². The van der Waals surface area contributed by atoms with Gasteiger partial charge in [-0.25, -0.2) is 9.67 Å². The molecule has 0 radical (unpaired) electrons. The first kappa shape index (κ1) is 16.8. The number of benzene rings is 2. The van der Waals surface area contributed by atoms with Gasteiger partial charge in [-0.15, -0.1) is 0 Å². The summed E-state index contributed by atoms with van der Waals surface area (Å²) in [6.45, 7) is 3.42. The fourth-order valence-corrected chi connectivity index (χ4v) is 3.51. The Morgan fingerprint density at radius 2 is 1.77 bits per heavy atom. The molecule has 1 aliphatic heterocycles. The van der Waals surface area contributed by atoms with Crippen LogP contribution >= 0.6 is 0 Å². The average Bonchev–Trinajstić information content (AvgIpc) is 3.32. The van der Waals surface area contributed by atoms with Crippen LogP contribution in [-0.2, 0) is 13.6 Å². The van der Waals surface area contributed by atoms with Gasteiger partial charge in [0.1, 0.15) is 5.75 Å². The van der Waals surface area contributed by atoms with Gasteiger partial charge >= 0.3 is 0 Å². The lowest BCUT2D eigenvalue weighted by Crippen LogP contribution is -2.18. The number of aryl methyl sites for hydroxylation is 1. The zero-order valence-corrected chi connectivity index (χ0v) is 15.4. The Balaban J connectivity index is 1.60. The van der Waals surface area contributed by atoms with Gasteiger partial charge in [-0.2, -0.15) is 5.10 Å². The van der Waals surface area contributed by atoms with Crippen molar-refractivity contribution in [1.82, 2.24) is 19.7 Å². The lowest BCUT2D eigenvalue weighted by Gasteiger charge is -2.15. The number of rotatable bonds is 5. The highest BCUT2D eigenvalue weighted by Gasteiger charge is 2.14. The Morgan fingerprint density at radius 1 is 1.00 bits per heavy atom. The van der Waals surface area contributed by atoms with Crippen molar-refractivity contribution in [3.05, 3.63) is 54.1 Å². The summed E-state index contributed by atoms with van der Waals surface area (Å²) in [6, 6.07) is 16.5. The molecule has 26 heavy (non-hydrogen) atoms. The lowest BCUT2D eigenvalue weighted by molar-refractivity contribution is 0.331. The van der Waals surface area contributed by atoms with Crippen LogP contribution in [0.3, 0.4) is 0 Å². The van der Waals surface area contributed by atoms with Crippen molar-refractivity contribution < 1.29 is 4.74 Å². The van der Waals surface area contributed by atoms with Crippen LogP contribution in [0, 0.1) is 0 Å². The second-order valence-electron chi connectivity index (χ2n) is 6.79. The van der Waals surface area contributed by atoms with Gasteiger partial charge in [0, 0.05) is 24.7 Å². The zero-order valence-electron chi connectivity index (χ0n) is 15.4. The zero-order chi connectivity index (χ0) is 17.9. The van der Waals surface area contributed by atoms with E-state index in [0.717, 1.165) is 35.1 Å². The van der Waals surface area contributed by atoms with Crippen molar-refractivity contribution in [2.45, 2.75) is 19.4 Å². The number of aromatic nitrogens is 3. The largest absolute Gasteiger partial charge is 0.497 e. The van der Waals surface area contributed by atoms with Crippen LogP contribution in [0.2, 0.25) is 0 Å². The van der Waals surface area contributed by atoms with Crippen LogP contribution in [0.15, 0.2) is 48.5 Å². The first-order valence-corrected chi connectivity index (χ1v) is 9.10. The third-order valence-electron chi connectivity index (χ3n) is 4.90. The highest BCUT2D eigenvalue weighted by atomic mass is 16.5. The number of likely N-dealkylation sites (tertiary alicyclic amines) is 1. The minimum absolute atomic E-state index is 0.732. The van der Waals surface area contributed by atoms with Crippen LogP contribution in [0.5, 0.6) is 5.75 Å². The Morgan fingerprint density at radius 3 is 2.50 bits per heavy atom. The number of ether oxygens (including phenoxy) is 1. The standard InChI is InChI=1S/C21H24N4O/c1-24-21(22-20(23-24)17-8-10-19(26-2)11-9-17)18-7-5-6-16(14-18)15-25-12-3-4-13-25/h5-11,14H,3-4,12-13,15H2,1-2H3. The van der Waals surface area contributed by atoms with Crippen molar-refractivity contribution in [2.24, 2.45) is 7.05 Å². The molecule has 4 rings (SSSR count). The highest BCUT2D eigenvalue weighted by molar-refractivity contribution is 5.62. The summed E-state index contributed by atoms with van der Waals surface area (Å²) in [5, 5.41) is 4.60. The van der Waals surface area contributed by atoms with Crippen molar-refractivity contribution >= 4 is 0 Å². The lowest BCUT2D eigenvalue weighted by atomic mass is 10.1. The molecule has 2 heterocycles. The molecule has 0 bridgehead atoms. The summed E-state index contributed by atoms with van der Waals surface area (Å²) in [5.41, 5.74) is 3.43. The van der Waals surface area contributed by atoms with E-state index >= 15 is 0 Å². The Kier molecular flexibility index (Phi) is 4.71. The van der Waals surface area contributed by atoms with Gasteiger partial charge in [-0.05, 0) is 61.8 Å². The molecular formula is C21H24N4O. The molecule has 1 aromatic heterocycles. The van der Waals surface area contributed by atoms with E-state index in [2.05, 4.69) is 34.3 Å². The molecule has 1 saturated heterocycles. The quantitative estimate of drug-likeness (QED) is 0.704. The van der Waals surface area contributed by atoms with Crippen LogP contribution in [0.25, 0.3) is 22.8 Å². The number of hydrogen-bond donors (Lipinski definition) is 0. The molecule has 0 amide bonds. The van der Waals surface area contributed by atoms with E-state index in [0.29, 0.717) is 0 Å². The minimum atomic E-state index is 0.732. The van der Waals surface area contributed by atoms with Crippen LogP contribution < -0.4 is 4.74 Å². The van der Waals surface area contributed by atoms with E-state index in [-0.39, 0.29) is 0 Å². The van der Waals surface area contributed by atoms with Crippen molar-refractivity contribution in [3.63, 3.8) is 0 Å². The maximum atomic E-state index is 5.22. The molecule has 0 N–H and O–H groups in total. The Labute approximate surface area is 154 Å². The molecule has 134 valence electrons. The van der Waals surface area contributed by atoms with Crippen LogP contribution in [0.4, 0.5) is 0 Å². The van der Waals surface area contributed by atoms with Gasteiger partial charge in [0.15, 0.2) is 11.6 Å². The molecule has 0 unspecified atom stereocenters. The Hall–Kier alpha value is -2.66. The second kappa shape index (κ2) is 7.30. The van der Waals surface area contributed by atoms with Crippen molar-refractivity contribution in [2.75, 3.05) is 20.2 Å². The first-order valence-electron chi connectivity index (χ1n) is 9.10. The molecular weight excluding hydrogens is 324 g/mol. The van der Waals surface area contributed by atoms with Gasteiger partial charge in [0.2, 0.25) is 0 Å². The molecule has 0 aliphatic carbocycles. The number of hydrogen-bond acceptors (Lipinski definition) is 4. The molecule has 2 aromatic carbocycles. The van der Waals surface area contributed by atoms with E-state index in [1.165, 1.54) is 31.5 Å². The van der Waals surface area contributed by atoms with Gasteiger partial charge in [0.05, 0.1) is 7.11 Å². The summed E-state index contributed by atoms with van der Waals surface area (Å²) < 4.78 is 7.08. The van der Waals surface area contributed by atoms with Crippen molar-refractivity contribution in [3.8, 4) is 28.5 Å². The normalized spacial score (nSPS) is 14.7. The molecule has 1 aliphatic rings. The van der Waals surface area contributed by atoms with Gasteiger partial charge in [-0.3, -0.25) is 4.90 Å². The Bertz CT molecular complexity index is 879. The minimum Gasteiger partial charge on any atom is -0.497 e. The van der Waals surface area contributed by atoms with Gasteiger partial charge in [0.25, 0.3) is 0 Å². The number of methoxy groups -OCH3 is 1. The summed E-state index contributed by atoms with van der Waals surface area (Å²) in [4.78, 5) is 7.29. The van der Waals surface area contributed by atoms with Gasteiger partial charge < -0.3 is 4.74 Å². The second-order valence-corrected chi connectivity index (χ2v) is 6.79. The SMILES string of the molecule is COc1ccc(-c2nc(-c3cccc(CN4CCCC4)c3)n(C)n2)cc1. The van der Waals surface area contributed by atoms with E-state index in [4.69, 9.17) is 9.72 Å². The average molecular weight is 348 g/mol. The highest BCUT2D eigenvalue weighted by Crippen LogP contribution is 2.25. The van der Waals surface area contributed by atoms with E-state index in [1.54, 1.807) is 7.11 Å². The molecule has 0 spiro atoms. The fraction of sp³-hybridized carbons (Fsp3) is 0.333. The third kappa shape index (κ3) is 3.48. The maximum Gasteiger partial charge on any atom is 0.181 e. The van der Waals surface area contributed by atoms with Crippen molar-refractivity contribution in [1.29, 1.82) is 0 Å². The predicted octanol–water partition coefficient (Wildman–Crippen LogP) is 3.75. The van der Waals surface area contributed by atoms with Crippen LogP contribution in [-0.4, -0.2) is 39.9 Å². The van der Waals surface area contributed by atoms with Gasteiger partial charge in [-0.1, -0.05) is 18.2 Å². The molecule has 0 atom stereocenters. The maximum absolute atomic E-state index is 5.22. The topological polar surface area (TPSA) is 43.2 Å². The predicted molar refractivity (Wildman–Crippen MR) is 103 cm³/mol. The summed E-state index contributed by atoms with van der Waals surface area (Å²) in [7, 11) is 3.61. The molecule has 5 nitrogen and oxygen atoms in total. The molecule has 3 aromatic rings. The molecule has 5 heteroatoms. The smallest absolute Gasteiger partial charge is 0.181 e. The van der Waals surface area contributed by atoms with Crippen LogP contribution in [0.1, 0.15) is 18.4 Å². The monoisotopic (exact) mass is 348 g/mol. The molecule has 1 fully saturated rings. The van der Waals surface area contributed by atoms with E-state index < -0.39 is 0 Å². The summed E-state index contributed by atoms with van der Waals surface area (Å²) in [6.07, 6.45) is 2.63. The summed E-state index contributed by atoms with van der Waals surface area (Å²) in [5.74, 6) is 2.45. The first-order chi connectivity index (χ1) is 12.7.